The van der Waals surface area contributed by atoms with Crippen LogP contribution in [0.1, 0.15) is 56.9 Å². The molecule has 0 aromatic heterocycles. The molecule has 0 radical (unpaired) electrons. The summed E-state index contributed by atoms with van der Waals surface area (Å²) in [5, 5.41) is 3.80. The maximum absolute atomic E-state index is 5.45. The second-order valence-electron chi connectivity index (χ2n) is 7.73. The van der Waals surface area contributed by atoms with Gasteiger partial charge in [-0.2, -0.15) is 0 Å². The van der Waals surface area contributed by atoms with Crippen molar-refractivity contribution in [1.82, 2.24) is 5.32 Å². The van der Waals surface area contributed by atoms with Gasteiger partial charge in [0, 0.05) is 18.0 Å². The van der Waals surface area contributed by atoms with Crippen molar-refractivity contribution in [1.29, 1.82) is 0 Å². The van der Waals surface area contributed by atoms with E-state index in [0.717, 1.165) is 18.3 Å². The number of rotatable bonds is 5. The van der Waals surface area contributed by atoms with Gasteiger partial charge in [-0.15, -0.1) is 0 Å². The number of nitrogens with one attached hydrogen (secondary N) is 1. The van der Waals surface area contributed by atoms with E-state index in [0.29, 0.717) is 10.8 Å². The van der Waals surface area contributed by atoms with Crippen LogP contribution >= 0.6 is 0 Å². The molecule has 21 heavy (non-hydrogen) atoms. The van der Waals surface area contributed by atoms with Gasteiger partial charge >= 0.3 is 0 Å². The fourth-order valence-electron chi connectivity index (χ4n) is 4.87. The van der Waals surface area contributed by atoms with E-state index in [1.54, 1.807) is 7.11 Å². The third-order valence-electron chi connectivity index (χ3n) is 6.08. The minimum absolute atomic E-state index is 0.363. The van der Waals surface area contributed by atoms with Crippen LogP contribution in [-0.2, 0) is 5.41 Å². The van der Waals surface area contributed by atoms with Gasteiger partial charge in [-0.1, -0.05) is 25.0 Å². The van der Waals surface area contributed by atoms with Crippen LogP contribution in [0.15, 0.2) is 24.3 Å². The van der Waals surface area contributed by atoms with Crippen molar-refractivity contribution >= 4 is 0 Å². The Morgan fingerprint density at radius 3 is 2.62 bits per heavy atom. The molecule has 0 atom stereocenters. The van der Waals surface area contributed by atoms with Crippen LogP contribution in [0.4, 0.5) is 0 Å². The van der Waals surface area contributed by atoms with Crippen molar-refractivity contribution in [3.63, 3.8) is 0 Å². The summed E-state index contributed by atoms with van der Waals surface area (Å²) in [6.45, 7) is 1.16. The Labute approximate surface area is 128 Å². The standard InChI is InChI=1S/C19H27NO/c1-21-17-6-4-5-15(11-17)19(14-20-16-7-8-16)12-18(13-19)9-2-3-10-18/h4-6,11,16,20H,2-3,7-10,12-14H2,1H3. The first-order valence-corrected chi connectivity index (χ1v) is 8.62. The Hall–Kier alpha value is -1.02. The highest BCUT2D eigenvalue weighted by Gasteiger charge is 2.55. The molecule has 2 nitrogen and oxygen atoms in total. The van der Waals surface area contributed by atoms with E-state index in [-0.39, 0.29) is 0 Å². The lowest BCUT2D eigenvalue weighted by Gasteiger charge is -2.56. The van der Waals surface area contributed by atoms with Gasteiger partial charge in [0.05, 0.1) is 7.11 Å². The topological polar surface area (TPSA) is 21.3 Å². The van der Waals surface area contributed by atoms with Crippen LogP contribution in [0.2, 0.25) is 0 Å². The zero-order chi connectivity index (χ0) is 14.3. The maximum Gasteiger partial charge on any atom is 0.119 e. The molecule has 4 rings (SSSR count). The molecule has 3 aliphatic rings. The molecule has 3 saturated carbocycles. The maximum atomic E-state index is 5.45. The first-order valence-electron chi connectivity index (χ1n) is 8.62. The molecule has 0 bridgehead atoms. The summed E-state index contributed by atoms with van der Waals surface area (Å²) in [6.07, 6.45) is 11.3. The molecule has 0 unspecified atom stereocenters. The molecule has 1 spiro atoms. The molecule has 1 aromatic rings. The van der Waals surface area contributed by atoms with Crippen molar-refractivity contribution in [2.24, 2.45) is 5.41 Å². The number of benzene rings is 1. The zero-order valence-electron chi connectivity index (χ0n) is 13.2. The molecule has 0 saturated heterocycles. The molecule has 0 aliphatic heterocycles. The van der Waals surface area contributed by atoms with Gasteiger partial charge in [-0.05, 0) is 61.6 Å². The summed E-state index contributed by atoms with van der Waals surface area (Å²) in [6, 6.07) is 9.62. The van der Waals surface area contributed by atoms with Gasteiger partial charge in [-0.25, -0.2) is 0 Å². The lowest BCUT2D eigenvalue weighted by atomic mass is 9.49. The van der Waals surface area contributed by atoms with Crippen LogP contribution in [0.25, 0.3) is 0 Å². The van der Waals surface area contributed by atoms with E-state index in [1.165, 1.54) is 56.9 Å². The molecule has 3 aliphatic carbocycles. The van der Waals surface area contributed by atoms with Crippen LogP contribution in [-0.4, -0.2) is 19.7 Å². The molecule has 0 amide bonds. The van der Waals surface area contributed by atoms with E-state index in [1.807, 2.05) is 0 Å². The van der Waals surface area contributed by atoms with Gasteiger partial charge in [0.1, 0.15) is 5.75 Å². The Balaban J connectivity index is 1.57. The van der Waals surface area contributed by atoms with Gasteiger partial charge in [0.15, 0.2) is 0 Å². The van der Waals surface area contributed by atoms with Crippen molar-refractivity contribution in [3.05, 3.63) is 29.8 Å². The molecular formula is C19H27NO. The first-order chi connectivity index (χ1) is 10.2. The molecular weight excluding hydrogens is 258 g/mol. The summed E-state index contributed by atoms with van der Waals surface area (Å²) in [4.78, 5) is 0. The number of hydrogen-bond donors (Lipinski definition) is 1. The van der Waals surface area contributed by atoms with Gasteiger partial charge in [0.25, 0.3) is 0 Å². The largest absolute Gasteiger partial charge is 0.497 e. The minimum Gasteiger partial charge on any atom is -0.497 e. The monoisotopic (exact) mass is 285 g/mol. The summed E-state index contributed by atoms with van der Waals surface area (Å²) >= 11 is 0. The van der Waals surface area contributed by atoms with E-state index in [9.17, 15) is 0 Å². The molecule has 1 N–H and O–H groups in total. The fraction of sp³-hybridized carbons (Fsp3) is 0.684. The Morgan fingerprint density at radius 1 is 1.19 bits per heavy atom. The van der Waals surface area contributed by atoms with E-state index in [2.05, 4.69) is 29.6 Å². The van der Waals surface area contributed by atoms with E-state index < -0.39 is 0 Å². The zero-order valence-corrected chi connectivity index (χ0v) is 13.2. The third kappa shape index (κ3) is 2.48. The average Bonchev–Trinajstić information content (AvgIpc) is 3.19. The predicted octanol–water partition coefficient (Wildman–Crippen LogP) is 4.04. The summed E-state index contributed by atoms with van der Waals surface area (Å²) in [7, 11) is 1.77. The van der Waals surface area contributed by atoms with Gasteiger partial charge in [-0.3, -0.25) is 0 Å². The van der Waals surface area contributed by atoms with Crippen LogP contribution in [0.5, 0.6) is 5.75 Å². The first kappa shape index (κ1) is 13.6. The summed E-state index contributed by atoms with van der Waals surface area (Å²) < 4.78 is 5.45. The number of hydrogen-bond acceptors (Lipinski definition) is 2. The minimum atomic E-state index is 0.363. The molecule has 3 fully saturated rings. The highest BCUT2D eigenvalue weighted by Crippen LogP contribution is 2.63. The van der Waals surface area contributed by atoms with Gasteiger partial charge in [0.2, 0.25) is 0 Å². The van der Waals surface area contributed by atoms with Crippen LogP contribution in [0, 0.1) is 5.41 Å². The van der Waals surface area contributed by atoms with Crippen LogP contribution < -0.4 is 10.1 Å². The van der Waals surface area contributed by atoms with Gasteiger partial charge < -0.3 is 10.1 Å². The quantitative estimate of drug-likeness (QED) is 0.881. The molecule has 114 valence electrons. The summed E-state index contributed by atoms with van der Waals surface area (Å²) in [5.41, 5.74) is 2.53. The fourth-order valence-corrected chi connectivity index (χ4v) is 4.87. The van der Waals surface area contributed by atoms with Crippen molar-refractivity contribution in [3.8, 4) is 5.75 Å². The normalized spacial score (nSPS) is 25.8. The van der Waals surface area contributed by atoms with Crippen molar-refractivity contribution in [2.45, 2.75) is 62.8 Å². The highest BCUT2D eigenvalue weighted by atomic mass is 16.5. The highest BCUT2D eigenvalue weighted by molar-refractivity contribution is 5.37. The molecule has 0 heterocycles. The van der Waals surface area contributed by atoms with Crippen molar-refractivity contribution in [2.75, 3.05) is 13.7 Å². The van der Waals surface area contributed by atoms with Crippen LogP contribution in [0.3, 0.4) is 0 Å². The Morgan fingerprint density at radius 2 is 1.95 bits per heavy atom. The smallest absolute Gasteiger partial charge is 0.119 e. The number of ether oxygens (including phenoxy) is 1. The Kier molecular flexibility index (Phi) is 3.25. The Bertz CT molecular complexity index is 506. The lowest BCUT2D eigenvalue weighted by Crippen LogP contribution is -2.54. The van der Waals surface area contributed by atoms with E-state index >= 15 is 0 Å². The summed E-state index contributed by atoms with van der Waals surface area (Å²) in [5.74, 6) is 1.01. The third-order valence-corrected chi connectivity index (χ3v) is 6.08. The number of methoxy groups -OCH3 is 1. The second kappa shape index (κ2) is 5.01. The molecule has 2 heteroatoms. The predicted molar refractivity (Wildman–Crippen MR) is 85.8 cm³/mol. The van der Waals surface area contributed by atoms with E-state index in [4.69, 9.17) is 4.74 Å². The lowest BCUT2D eigenvalue weighted by molar-refractivity contribution is 0.0266. The molecule has 1 aromatic carbocycles. The van der Waals surface area contributed by atoms with Crippen molar-refractivity contribution < 1.29 is 4.74 Å². The average molecular weight is 285 g/mol. The second-order valence-corrected chi connectivity index (χ2v) is 7.73. The SMILES string of the molecule is COc1cccc(C2(CNC3CC3)CC3(CCCC3)C2)c1.